The quantitative estimate of drug-likeness (QED) is 0.242. The molecule has 0 aromatic heterocycles. The summed E-state index contributed by atoms with van der Waals surface area (Å²) in [6.07, 6.45) is 21.0. The minimum absolute atomic E-state index is 0.0801. The average Bonchev–Trinajstić information content (AvgIpc) is 3.11. The topological polar surface area (TPSA) is 68.2 Å². The molecule has 5 heteroatoms. The van der Waals surface area contributed by atoms with E-state index < -0.39 is 11.7 Å². The van der Waals surface area contributed by atoms with Crippen molar-refractivity contribution in [3.05, 3.63) is 0 Å². The molecule has 2 rings (SSSR count). The Kier molecular flexibility index (Phi) is 14.3. The smallest absolute Gasteiger partial charge is 0.122 e. The van der Waals surface area contributed by atoms with Gasteiger partial charge in [-0.1, -0.05) is 103 Å². The molecule has 184 valence electrons. The van der Waals surface area contributed by atoms with E-state index in [1.165, 1.54) is 96.3 Å². The molecule has 0 bridgehead atoms. The Hall–Kier alpha value is -0.200. The van der Waals surface area contributed by atoms with Crippen molar-refractivity contribution in [2.24, 2.45) is 0 Å². The number of aliphatic hydroxyl groups is 2. The molecular weight excluding hydrogens is 392 g/mol. The van der Waals surface area contributed by atoms with Crippen LogP contribution in [0.4, 0.5) is 0 Å². The van der Waals surface area contributed by atoms with Gasteiger partial charge in [-0.3, -0.25) is 0 Å². The fourth-order valence-corrected chi connectivity index (χ4v) is 4.92. The third kappa shape index (κ3) is 9.67. The molecule has 0 aliphatic carbocycles. The summed E-state index contributed by atoms with van der Waals surface area (Å²) in [6.45, 7) is 3.75. The van der Waals surface area contributed by atoms with Gasteiger partial charge in [0, 0.05) is 13.0 Å². The van der Waals surface area contributed by atoms with Gasteiger partial charge >= 0.3 is 0 Å². The Labute approximate surface area is 191 Å². The minimum atomic E-state index is -0.670. The average molecular weight is 443 g/mol. The molecule has 0 unspecified atom stereocenters. The summed E-state index contributed by atoms with van der Waals surface area (Å²) in [7, 11) is 0. The highest BCUT2D eigenvalue weighted by molar-refractivity contribution is 5.03. The van der Waals surface area contributed by atoms with Crippen LogP contribution in [0, 0.1) is 0 Å². The van der Waals surface area contributed by atoms with Crippen molar-refractivity contribution in [3.8, 4) is 0 Å². The molecule has 2 fully saturated rings. The molecule has 2 N–H and O–H groups in total. The van der Waals surface area contributed by atoms with Crippen LogP contribution in [0.5, 0.6) is 0 Å². The highest BCUT2D eigenvalue weighted by atomic mass is 16.6. The van der Waals surface area contributed by atoms with Crippen LogP contribution in [0.2, 0.25) is 0 Å². The Morgan fingerprint density at radius 2 is 1.29 bits per heavy atom. The van der Waals surface area contributed by atoms with E-state index in [0.717, 1.165) is 12.8 Å². The van der Waals surface area contributed by atoms with Crippen LogP contribution >= 0.6 is 0 Å². The molecule has 0 saturated carbocycles. The van der Waals surface area contributed by atoms with Crippen molar-refractivity contribution in [3.63, 3.8) is 0 Å². The molecule has 2 heterocycles. The lowest BCUT2D eigenvalue weighted by atomic mass is 9.85. The Morgan fingerprint density at radius 1 is 0.806 bits per heavy atom. The van der Waals surface area contributed by atoms with E-state index in [9.17, 15) is 10.2 Å². The summed E-state index contributed by atoms with van der Waals surface area (Å²) in [4.78, 5) is 0. The van der Waals surface area contributed by atoms with Crippen LogP contribution in [0.3, 0.4) is 0 Å². The number of hydrogen-bond donors (Lipinski definition) is 2. The summed E-state index contributed by atoms with van der Waals surface area (Å²) in [5, 5.41) is 19.9. The van der Waals surface area contributed by atoms with E-state index in [2.05, 4.69) is 6.92 Å². The van der Waals surface area contributed by atoms with Gasteiger partial charge in [0.25, 0.3) is 0 Å². The second-order valence-corrected chi connectivity index (χ2v) is 9.78. The van der Waals surface area contributed by atoms with Crippen molar-refractivity contribution < 1.29 is 24.4 Å². The van der Waals surface area contributed by atoms with Crippen molar-refractivity contribution in [1.82, 2.24) is 0 Å². The first-order valence-electron chi connectivity index (χ1n) is 13.4. The largest absolute Gasteiger partial charge is 0.393 e. The summed E-state index contributed by atoms with van der Waals surface area (Å²) in [5.41, 5.74) is -0.670. The van der Waals surface area contributed by atoms with Gasteiger partial charge in [0.2, 0.25) is 0 Å². The van der Waals surface area contributed by atoms with E-state index in [4.69, 9.17) is 14.2 Å². The second-order valence-electron chi connectivity index (χ2n) is 9.78. The lowest BCUT2D eigenvalue weighted by Crippen LogP contribution is -2.60. The van der Waals surface area contributed by atoms with Gasteiger partial charge in [0.1, 0.15) is 23.9 Å². The van der Waals surface area contributed by atoms with Crippen LogP contribution < -0.4 is 0 Å². The van der Waals surface area contributed by atoms with Gasteiger partial charge in [-0.15, -0.1) is 0 Å². The van der Waals surface area contributed by atoms with Gasteiger partial charge in [-0.05, 0) is 6.42 Å². The molecular formula is C26H50O5. The first-order chi connectivity index (χ1) is 15.2. The molecule has 2 saturated heterocycles. The Bertz CT molecular complexity index is 421. The number of aliphatic hydroxyl groups excluding tert-OH is 2. The lowest BCUT2D eigenvalue weighted by molar-refractivity contribution is -0.242. The van der Waals surface area contributed by atoms with Crippen LogP contribution in [0.1, 0.15) is 116 Å². The summed E-state index contributed by atoms with van der Waals surface area (Å²) < 4.78 is 17.3. The van der Waals surface area contributed by atoms with E-state index in [1.54, 1.807) is 0 Å². The fourth-order valence-electron chi connectivity index (χ4n) is 4.92. The maximum Gasteiger partial charge on any atom is 0.122 e. The zero-order valence-corrected chi connectivity index (χ0v) is 20.2. The maximum atomic E-state index is 10.2. The summed E-state index contributed by atoms with van der Waals surface area (Å²) in [5.74, 6) is 0. The van der Waals surface area contributed by atoms with Crippen molar-refractivity contribution in [2.75, 3.05) is 26.4 Å². The Balaban J connectivity index is 1.36. The zero-order chi connectivity index (χ0) is 22.2. The monoisotopic (exact) mass is 442 g/mol. The van der Waals surface area contributed by atoms with Crippen LogP contribution in [-0.4, -0.2) is 60.6 Å². The van der Waals surface area contributed by atoms with Crippen LogP contribution in [0.25, 0.3) is 0 Å². The summed E-state index contributed by atoms with van der Waals surface area (Å²) in [6, 6.07) is 0. The lowest BCUT2D eigenvalue weighted by Gasteiger charge is -2.45. The van der Waals surface area contributed by atoms with E-state index in [1.807, 2.05) is 0 Å². The molecule has 2 aliphatic rings. The van der Waals surface area contributed by atoms with E-state index in [0.29, 0.717) is 13.2 Å². The third-order valence-electron chi connectivity index (χ3n) is 7.13. The summed E-state index contributed by atoms with van der Waals surface area (Å²) >= 11 is 0. The predicted octanol–water partition coefficient (Wildman–Crippen LogP) is 5.54. The molecule has 2 aliphatic heterocycles. The molecule has 0 radical (unpaired) electrons. The second kappa shape index (κ2) is 16.4. The molecule has 4 atom stereocenters. The van der Waals surface area contributed by atoms with Gasteiger partial charge < -0.3 is 24.4 Å². The number of rotatable bonds is 20. The molecule has 0 spiro atoms. The van der Waals surface area contributed by atoms with Crippen molar-refractivity contribution in [2.45, 2.75) is 140 Å². The Morgan fingerprint density at radius 3 is 1.71 bits per heavy atom. The normalized spacial score (nSPS) is 28.2. The molecule has 0 aromatic rings. The van der Waals surface area contributed by atoms with E-state index >= 15 is 0 Å². The minimum Gasteiger partial charge on any atom is -0.393 e. The predicted molar refractivity (Wildman–Crippen MR) is 125 cm³/mol. The molecule has 0 amide bonds. The van der Waals surface area contributed by atoms with Crippen molar-refractivity contribution >= 4 is 0 Å². The van der Waals surface area contributed by atoms with Crippen LogP contribution in [0.15, 0.2) is 0 Å². The van der Waals surface area contributed by atoms with Crippen LogP contribution in [-0.2, 0) is 14.2 Å². The van der Waals surface area contributed by atoms with Gasteiger partial charge in [0.05, 0.1) is 19.8 Å². The number of hydrogen-bond acceptors (Lipinski definition) is 5. The van der Waals surface area contributed by atoms with Crippen molar-refractivity contribution in [1.29, 1.82) is 0 Å². The molecule has 0 aromatic carbocycles. The highest BCUT2D eigenvalue weighted by Crippen LogP contribution is 2.37. The van der Waals surface area contributed by atoms with Gasteiger partial charge in [0.15, 0.2) is 0 Å². The maximum absolute atomic E-state index is 10.2. The first kappa shape index (κ1) is 27.0. The zero-order valence-electron chi connectivity index (χ0n) is 20.2. The molecule has 31 heavy (non-hydrogen) atoms. The number of unbranched alkanes of at least 4 members (excludes halogenated alkanes) is 15. The van der Waals surface area contributed by atoms with Gasteiger partial charge in [-0.25, -0.2) is 0 Å². The number of ether oxygens (including phenoxy) is 3. The molecule has 5 nitrogen and oxygen atoms in total. The highest BCUT2D eigenvalue weighted by Gasteiger charge is 2.54. The standard InChI is InChI=1S/C26H50O5/c1-2-3-4-5-6-7-8-9-10-11-12-13-14-15-16-17-19-29-24-23(28)21-30-25(24)26(22-27)18-20-31-26/h23-25,27-28H,2-22H2,1H3/t23-,24+,25-,26+/m0/s1. The SMILES string of the molecule is CCCCCCCCCCCCCCCCCCO[C@@H]1[C@@H](O)CO[C@@H]1[C@]1(CO)CCO1. The third-order valence-corrected chi connectivity index (χ3v) is 7.13. The first-order valence-corrected chi connectivity index (χ1v) is 13.4. The fraction of sp³-hybridized carbons (Fsp3) is 1.00. The van der Waals surface area contributed by atoms with E-state index in [-0.39, 0.29) is 25.4 Å². The van der Waals surface area contributed by atoms with Gasteiger partial charge in [-0.2, -0.15) is 0 Å².